The highest BCUT2D eigenvalue weighted by Gasteiger charge is 2.10. The van der Waals surface area contributed by atoms with E-state index in [0.717, 1.165) is 36.1 Å². The highest BCUT2D eigenvalue weighted by atomic mass is 15.2. The van der Waals surface area contributed by atoms with Crippen molar-refractivity contribution in [2.45, 2.75) is 19.8 Å². The Morgan fingerprint density at radius 2 is 2.11 bits per heavy atom. The molecule has 0 N–H and O–H groups in total. The molecule has 0 aliphatic carbocycles. The number of para-hydroxylation sites is 1. The Balaban J connectivity index is 2.45. The first kappa shape index (κ1) is 12.4. The van der Waals surface area contributed by atoms with Crippen LogP contribution < -0.4 is 4.90 Å². The first-order valence-electron chi connectivity index (χ1n) is 6.27. The monoisotopic (exact) mass is 239 g/mol. The zero-order valence-corrected chi connectivity index (χ0v) is 10.8. The third kappa shape index (κ3) is 2.43. The van der Waals surface area contributed by atoms with Crippen molar-refractivity contribution in [2.24, 2.45) is 0 Å². The van der Waals surface area contributed by atoms with Gasteiger partial charge in [0, 0.05) is 19.0 Å². The molecule has 1 aromatic heterocycles. The van der Waals surface area contributed by atoms with E-state index in [1.165, 1.54) is 0 Å². The van der Waals surface area contributed by atoms with Crippen molar-refractivity contribution in [3.8, 4) is 6.07 Å². The molecule has 0 aliphatic rings. The van der Waals surface area contributed by atoms with Crippen LogP contribution in [0.2, 0.25) is 0 Å². The van der Waals surface area contributed by atoms with Gasteiger partial charge in [-0.3, -0.25) is 0 Å². The van der Waals surface area contributed by atoms with Crippen LogP contribution in [-0.2, 0) is 0 Å². The molecule has 92 valence electrons. The zero-order valence-electron chi connectivity index (χ0n) is 10.8. The fourth-order valence-corrected chi connectivity index (χ4v) is 1.98. The Labute approximate surface area is 108 Å². The first-order chi connectivity index (χ1) is 8.76. The Hall–Kier alpha value is -2.08. The number of nitriles is 1. The van der Waals surface area contributed by atoms with E-state index in [1.54, 1.807) is 0 Å². The molecule has 0 radical (unpaired) electrons. The number of hydrogen-bond donors (Lipinski definition) is 0. The number of unbranched alkanes of at least 4 members (excludes halogenated alkanes) is 1. The van der Waals surface area contributed by atoms with E-state index in [9.17, 15) is 5.26 Å². The summed E-state index contributed by atoms with van der Waals surface area (Å²) < 4.78 is 0. The van der Waals surface area contributed by atoms with Crippen LogP contribution in [0.1, 0.15) is 25.3 Å². The maximum Gasteiger partial charge on any atom is 0.146 e. The number of aromatic nitrogens is 1. The van der Waals surface area contributed by atoms with E-state index >= 15 is 0 Å². The fourth-order valence-electron chi connectivity index (χ4n) is 1.98. The van der Waals surface area contributed by atoms with Crippen LogP contribution in [0.25, 0.3) is 10.9 Å². The van der Waals surface area contributed by atoms with Crippen molar-refractivity contribution in [3.63, 3.8) is 0 Å². The molecule has 0 fully saturated rings. The van der Waals surface area contributed by atoms with Gasteiger partial charge < -0.3 is 4.90 Å². The lowest BCUT2D eigenvalue weighted by Crippen LogP contribution is -2.20. The van der Waals surface area contributed by atoms with E-state index in [4.69, 9.17) is 0 Å². The van der Waals surface area contributed by atoms with Gasteiger partial charge in [0.2, 0.25) is 0 Å². The molecule has 3 heteroatoms. The third-order valence-electron chi connectivity index (χ3n) is 3.03. The maximum absolute atomic E-state index is 9.24. The summed E-state index contributed by atoms with van der Waals surface area (Å²) in [5.74, 6) is 0.782. The van der Waals surface area contributed by atoms with Crippen molar-refractivity contribution < 1.29 is 0 Å². The van der Waals surface area contributed by atoms with Crippen LogP contribution in [0, 0.1) is 11.3 Å². The van der Waals surface area contributed by atoms with Crippen molar-refractivity contribution in [2.75, 3.05) is 18.5 Å². The van der Waals surface area contributed by atoms with Crippen LogP contribution in [0.3, 0.4) is 0 Å². The molecular weight excluding hydrogens is 222 g/mol. The quantitative estimate of drug-likeness (QED) is 0.821. The molecule has 0 saturated heterocycles. The lowest BCUT2D eigenvalue weighted by Gasteiger charge is -2.19. The second-order valence-electron chi connectivity index (χ2n) is 4.44. The highest BCUT2D eigenvalue weighted by molar-refractivity contribution is 5.82. The summed E-state index contributed by atoms with van der Waals surface area (Å²) in [5.41, 5.74) is 1.59. The topological polar surface area (TPSA) is 39.9 Å². The van der Waals surface area contributed by atoms with Gasteiger partial charge in [-0.1, -0.05) is 31.5 Å². The van der Waals surface area contributed by atoms with Gasteiger partial charge in [-0.25, -0.2) is 4.98 Å². The number of pyridine rings is 1. The molecule has 0 spiro atoms. The Kier molecular flexibility index (Phi) is 3.78. The Bertz CT molecular complexity index is 584. The number of anilines is 1. The van der Waals surface area contributed by atoms with Gasteiger partial charge in [0.15, 0.2) is 0 Å². The zero-order chi connectivity index (χ0) is 13.0. The minimum Gasteiger partial charge on any atom is -0.359 e. The average Bonchev–Trinajstić information content (AvgIpc) is 2.43. The summed E-state index contributed by atoms with van der Waals surface area (Å²) in [7, 11) is 1.99. The molecule has 0 aliphatic heterocycles. The fraction of sp³-hybridized carbons (Fsp3) is 0.333. The van der Waals surface area contributed by atoms with Gasteiger partial charge in [-0.2, -0.15) is 5.26 Å². The molecule has 0 atom stereocenters. The van der Waals surface area contributed by atoms with Crippen LogP contribution in [0.4, 0.5) is 5.82 Å². The number of benzene rings is 1. The summed E-state index contributed by atoms with van der Waals surface area (Å²) in [6, 6.07) is 12.1. The van der Waals surface area contributed by atoms with E-state index in [0.29, 0.717) is 5.56 Å². The predicted octanol–water partition coefficient (Wildman–Crippen LogP) is 3.34. The molecule has 1 aromatic carbocycles. The first-order valence-corrected chi connectivity index (χ1v) is 6.27. The van der Waals surface area contributed by atoms with Gasteiger partial charge in [0.05, 0.1) is 11.1 Å². The SMILES string of the molecule is CCCCN(C)c1nc2ccccc2cc1C#N. The number of rotatable bonds is 4. The van der Waals surface area contributed by atoms with Crippen LogP contribution in [0.5, 0.6) is 0 Å². The van der Waals surface area contributed by atoms with Crippen molar-refractivity contribution in [1.82, 2.24) is 4.98 Å². The molecule has 2 aromatic rings. The molecule has 2 rings (SSSR count). The largest absolute Gasteiger partial charge is 0.359 e. The molecule has 0 saturated carbocycles. The van der Waals surface area contributed by atoms with E-state index in [-0.39, 0.29) is 0 Å². The minimum absolute atomic E-state index is 0.646. The molecule has 3 nitrogen and oxygen atoms in total. The van der Waals surface area contributed by atoms with Crippen molar-refractivity contribution >= 4 is 16.7 Å². The van der Waals surface area contributed by atoms with Gasteiger partial charge in [0.1, 0.15) is 11.9 Å². The van der Waals surface area contributed by atoms with Crippen LogP contribution in [0.15, 0.2) is 30.3 Å². The van der Waals surface area contributed by atoms with Gasteiger partial charge in [-0.15, -0.1) is 0 Å². The van der Waals surface area contributed by atoms with E-state index in [1.807, 2.05) is 37.4 Å². The molecule has 0 unspecified atom stereocenters. The van der Waals surface area contributed by atoms with Gasteiger partial charge in [0.25, 0.3) is 0 Å². The van der Waals surface area contributed by atoms with Gasteiger partial charge >= 0.3 is 0 Å². The second-order valence-corrected chi connectivity index (χ2v) is 4.44. The Morgan fingerprint density at radius 3 is 2.83 bits per heavy atom. The maximum atomic E-state index is 9.24. The lowest BCUT2D eigenvalue weighted by molar-refractivity contribution is 0.760. The molecule has 0 amide bonds. The summed E-state index contributed by atoms with van der Waals surface area (Å²) in [4.78, 5) is 6.67. The van der Waals surface area contributed by atoms with Gasteiger partial charge in [-0.05, 0) is 18.6 Å². The molecule has 0 bridgehead atoms. The average molecular weight is 239 g/mol. The summed E-state index contributed by atoms with van der Waals surface area (Å²) in [5, 5.41) is 10.3. The standard InChI is InChI=1S/C15H17N3/c1-3-4-9-18(2)15-13(11-16)10-12-7-5-6-8-14(12)17-15/h5-8,10H,3-4,9H2,1-2H3. The summed E-state index contributed by atoms with van der Waals surface area (Å²) in [6.07, 6.45) is 2.25. The predicted molar refractivity (Wildman–Crippen MR) is 74.6 cm³/mol. The smallest absolute Gasteiger partial charge is 0.146 e. The van der Waals surface area contributed by atoms with Crippen LogP contribution in [-0.4, -0.2) is 18.6 Å². The summed E-state index contributed by atoms with van der Waals surface area (Å²) >= 11 is 0. The lowest BCUT2D eigenvalue weighted by atomic mass is 10.1. The van der Waals surface area contributed by atoms with Crippen molar-refractivity contribution in [3.05, 3.63) is 35.9 Å². The molecule has 1 heterocycles. The third-order valence-corrected chi connectivity index (χ3v) is 3.03. The highest BCUT2D eigenvalue weighted by Crippen LogP contribution is 2.22. The normalized spacial score (nSPS) is 10.3. The minimum atomic E-state index is 0.646. The second kappa shape index (κ2) is 5.50. The summed E-state index contributed by atoms with van der Waals surface area (Å²) in [6.45, 7) is 3.09. The van der Waals surface area contributed by atoms with Crippen LogP contribution >= 0.6 is 0 Å². The molecular formula is C15H17N3. The Morgan fingerprint density at radius 1 is 1.33 bits per heavy atom. The number of hydrogen-bond acceptors (Lipinski definition) is 3. The number of nitrogens with zero attached hydrogens (tertiary/aromatic N) is 3. The molecule has 18 heavy (non-hydrogen) atoms. The van der Waals surface area contributed by atoms with Crippen molar-refractivity contribution in [1.29, 1.82) is 5.26 Å². The van der Waals surface area contributed by atoms with E-state index < -0.39 is 0 Å². The van der Waals surface area contributed by atoms with E-state index in [2.05, 4.69) is 22.9 Å². The number of fused-ring (bicyclic) bond motifs is 1.